The van der Waals surface area contributed by atoms with Crippen molar-refractivity contribution in [2.24, 2.45) is 17.8 Å². The van der Waals surface area contributed by atoms with Gasteiger partial charge in [0.2, 0.25) is 0 Å². The van der Waals surface area contributed by atoms with E-state index in [-0.39, 0.29) is 0 Å². The number of piperazine rings is 2. The number of nitrogens with zero attached hydrogens (tertiary/aromatic N) is 4. The zero-order valence-corrected chi connectivity index (χ0v) is 13.7. The summed E-state index contributed by atoms with van der Waals surface area (Å²) in [7, 11) is 4.55. The summed E-state index contributed by atoms with van der Waals surface area (Å²) in [5.74, 6) is 3.13. The van der Waals surface area contributed by atoms with Crippen LogP contribution < -0.4 is 0 Å². The summed E-state index contributed by atoms with van der Waals surface area (Å²) in [4.78, 5) is 10.8. The monoisotopic (exact) mass is 290 g/mol. The third-order valence-electron chi connectivity index (χ3n) is 7.59. The minimum atomic E-state index is 0.667. The van der Waals surface area contributed by atoms with Crippen LogP contribution in [-0.2, 0) is 0 Å². The first-order chi connectivity index (χ1) is 10.2. The molecule has 5 atom stereocenters. The van der Waals surface area contributed by atoms with Gasteiger partial charge >= 0.3 is 0 Å². The molecule has 4 nitrogen and oxygen atoms in total. The summed E-state index contributed by atoms with van der Waals surface area (Å²) in [6.45, 7) is 10.4. The Morgan fingerprint density at radius 2 is 1.43 bits per heavy atom. The molecule has 2 heterocycles. The normalized spacial score (nSPS) is 51.7. The van der Waals surface area contributed by atoms with Crippen LogP contribution in [0.25, 0.3) is 0 Å². The summed E-state index contributed by atoms with van der Waals surface area (Å²) in [6.07, 6.45) is 3.08. The SMILES string of the molecule is CN1CCN(C2C3[C@H]4C[C@H]2CC34N2CCN(C)CC2)CC1. The zero-order chi connectivity index (χ0) is 14.2. The molecular weight excluding hydrogens is 260 g/mol. The van der Waals surface area contributed by atoms with Gasteiger partial charge in [-0.15, -0.1) is 0 Å². The third kappa shape index (κ3) is 1.71. The van der Waals surface area contributed by atoms with Crippen LogP contribution in [0.5, 0.6) is 0 Å². The van der Waals surface area contributed by atoms with E-state index < -0.39 is 0 Å². The van der Waals surface area contributed by atoms with Gasteiger partial charge in [-0.3, -0.25) is 9.80 Å². The maximum atomic E-state index is 2.92. The fourth-order valence-electron chi connectivity index (χ4n) is 6.53. The number of hydrogen-bond donors (Lipinski definition) is 0. The van der Waals surface area contributed by atoms with Gasteiger partial charge in [0.05, 0.1) is 0 Å². The highest BCUT2D eigenvalue weighted by molar-refractivity contribution is 5.34. The summed E-state index contributed by atoms with van der Waals surface area (Å²) >= 11 is 0. The van der Waals surface area contributed by atoms with Crippen molar-refractivity contribution in [1.82, 2.24) is 19.6 Å². The summed E-state index contributed by atoms with van der Waals surface area (Å²) in [5.41, 5.74) is 0.667. The van der Waals surface area contributed by atoms with E-state index in [9.17, 15) is 0 Å². The van der Waals surface area contributed by atoms with Crippen LogP contribution in [0.2, 0.25) is 0 Å². The molecule has 4 aliphatic carbocycles. The molecule has 6 rings (SSSR count). The van der Waals surface area contributed by atoms with Crippen molar-refractivity contribution in [3.05, 3.63) is 0 Å². The van der Waals surface area contributed by atoms with E-state index in [1.165, 1.54) is 58.8 Å². The van der Waals surface area contributed by atoms with E-state index >= 15 is 0 Å². The lowest BCUT2D eigenvalue weighted by atomic mass is 10.0. The molecule has 4 bridgehead atoms. The van der Waals surface area contributed by atoms with E-state index in [2.05, 4.69) is 33.7 Å². The summed E-state index contributed by atoms with van der Waals surface area (Å²) in [5, 5.41) is 0. The smallest absolute Gasteiger partial charge is 0.0292 e. The van der Waals surface area contributed by atoms with Gasteiger partial charge in [0.25, 0.3) is 0 Å². The van der Waals surface area contributed by atoms with Crippen molar-refractivity contribution in [3.8, 4) is 0 Å². The molecule has 3 unspecified atom stereocenters. The van der Waals surface area contributed by atoms with Crippen LogP contribution >= 0.6 is 0 Å². The van der Waals surface area contributed by atoms with Crippen LogP contribution in [-0.4, -0.2) is 97.6 Å². The summed E-state index contributed by atoms with van der Waals surface area (Å²) < 4.78 is 0. The molecule has 0 spiro atoms. The standard InChI is InChI=1S/C17H30N4/c1-18-3-7-20(8-4-18)16-13-11-14-15(16)17(14,12-13)21-9-5-19(2)6-10-21/h13-16H,3-12H2,1-2H3/t13-,14+,15?,16?,17?/m0/s1. The molecule has 0 aromatic carbocycles. The average Bonchev–Trinajstić information content (AvgIpc) is 2.88. The molecule has 0 aromatic rings. The van der Waals surface area contributed by atoms with Crippen LogP contribution in [0.15, 0.2) is 0 Å². The molecule has 0 amide bonds. The predicted octanol–water partition coefficient (Wildman–Crippen LogP) is 0.258. The van der Waals surface area contributed by atoms with Gasteiger partial charge in [-0.25, -0.2) is 0 Å². The van der Waals surface area contributed by atoms with Gasteiger partial charge in [0.15, 0.2) is 0 Å². The Hall–Kier alpha value is -0.160. The van der Waals surface area contributed by atoms with Crippen molar-refractivity contribution < 1.29 is 0 Å². The Bertz CT molecular complexity index is 425. The minimum Gasteiger partial charge on any atom is -0.304 e. The van der Waals surface area contributed by atoms with Gasteiger partial charge in [-0.2, -0.15) is 0 Å². The molecule has 4 heteroatoms. The van der Waals surface area contributed by atoms with E-state index in [0.29, 0.717) is 5.54 Å². The number of hydrogen-bond acceptors (Lipinski definition) is 4. The topological polar surface area (TPSA) is 13.0 Å². The van der Waals surface area contributed by atoms with Crippen LogP contribution in [0.4, 0.5) is 0 Å². The van der Waals surface area contributed by atoms with E-state index in [1.54, 1.807) is 6.42 Å². The second kappa shape index (κ2) is 4.44. The third-order valence-corrected chi connectivity index (χ3v) is 7.59. The van der Waals surface area contributed by atoms with Crippen molar-refractivity contribution in [2.75, 3.05) is 66.5 Å². The maximum absolute atomic E-state index is 2.92. The van der Waals surface area contributed by atoms with E-state index in [0.717, 1.165) is 23.8 Å². The number of likely N-dealkylation sites (N-methyl/N-ethyl adjacent to an activating group) is 2. The molecule has 4 saturated carbocycles. The summed E-state index contributed by atoms with van der Waals surface area (Å²) in [6, 6.07) is 0.948. The highest BCUT2D eigenvalue weighted by Gasteiger charge is 2.81. The molecule has 0 radical (unpaired) electrons. The molecule has 118 valence electrons. The molecule has 21 heavy (non-hydrogen) atoms. The first-order valence-electron chi connectivity index (χ1n) is 9.06. The first kappa shape index (κ1) is 13.3. The van der Waals surface area contributed by atoms with Crippen molar-refractivity contribution in [3.63, 3.8) is 0 Å². The lowest BCUT2D eigenvalue weighted by Crippen LogP contribution is -2.52. The van der Waals surface area contributed by atoms with Crippen LogP contribution in [0.1, 0.15) is 12.8 Å². The Morgan fingerprint density at radius 1 is 0.810 bits per heavy atom. The van der Waals surface area contributed by atoms with Gasteiger partial charge in [0, 0.05) is 63.9 Å². The molecule has 6 aliphatic rings. The van der Waals surface area contributed by atoms with Crippen molar-refractivity contribution in [2.45, 2.75) is 24.4 Å². The second-order valence-electron chi connectivity index (χ2n) is 8.44. The highest BCUT2D eigenvalue weighted by atomic mass is 15.4. The fourth-order valence-corrected chi connectivity index (χ4v) is 6.53. The van der Waals surface area contributed by atoms with Crippen molar-refractivity contribution >= 4 is 0 Å². The van der Waals surface area contributed by atoms with E-state index in [4.69, 9.17) is 0 Å². The minimum absolute atomic E-state index is 0.667. The first-order valence-corrected chi connectivity index (χ1v) is 9.06. The molecule has 0 aromatic heterocycles. The lowest BCUT2D eigenvalue weighted by molar-refractivity contribution is 0.0789. The second-order valence-corrected chi connectivity index (χ2v) is 8.44. The molecular formula is C17H30N4. The average molecular weight is 290 g/mol. The van der Waals surface area contributed by atoms with Gasteiger partial charge < -0.3 is 9.80 Å². The lowest BCUT2D eigenvalue weighted by Gasteiger charge is -2.39. The molecule has 0 N–H and O–H groups in total. The largest absolute Gasteiger partial charge is 0.304 e. The van der Waals surface area contributed by atoms with Gasteiger partial charge in [0.1, 0.15) is 0 Å². The molecule has 2 saturated heterocycles. The Balaban J connectivity index is 1.31. The Labute approximate surface area is 129 Å². The highest BCUT2D eigenvalue weighted by Crippen LogP contribution is 2.76. The van der Waals surface area contributed by atoms with E-state index in [1.807, 2.05) is 0 Å². The van der Waals surface area contributed by atoms with Gasteiger partial charge in [-0.1, -0.05) is 0 Å². The molecule has 2 aliphatic heterocycles. The molecule has 6 fully saturated rings. The van der Waals surface area contributed by atoms with Crippen molar-refractivity contribution in [1.29, 1.82) is 0 Å². The predicted molar refractivity (Wildman–Crippen MR) is 84.4 cm³/mol. The number of rotatable bonds is 2. The quantitative estimate of drug-likeness (QED) is 0.723. The van der Waals surface area contributed by atoms with Gasteiger partial charge in [-0.05, 0) is 44.7 Å². The fraction of sp³-hybridized carbons (Fsp3) is 1.00. The Kier molecular flexibility index (Phi) is 2.81. The Morgan fingerprint density at radius 3 is 2.05 bits per heavy atom. The zero-order valence-electron chi connectivity index (χ0n) is 13.7. The maximum Gasteiger partial charge on any atom is 0.0292 e. The van der Waals surface area contributed by atoms with Crippen LogP contribution in [0, 0.1) is 17.8 Å². The van der Waals surface area contributed by atoms with Crippen LogP contribution in [0.3, 0.4) is 0 Å².